The van der Waals surface area contributed by atoms with Gasteiger partial charge in [0.15, 0.2) is 0 Å². The standard InChI is InChI=1S/C19H13N3O5S/c20-11-12-1-5-14(6-2-12)21-18(24)16(17(19(21)25)28-10-9-23)13-3-7-15(8-4-13)22(26)27/h1-8,23H,9-10H2. The molecule has 0 aromatic heterocycles. The third-order valence-corrected chi connectivity index (χ3v) is 5.05. The molecule has 0 bridgehead atoms. The molecule has 1 aliphatic heterocycles. The molecule has 28 heavy (non-hydrogen) atoms. The number of carbonyl (C=O) groups excluding carboxylic acids is 2. The summed E-state index contributed by atoms with van der Waals surface area (Å²) < 4.78 is 0. The van der Waals surface area contributed by atoms with E-state index in [2.05, 4.69) is 0 Å². The largest absolute Gasteiger partial charge is 0.396 e. The van der Waals surface area contributed by atoms with E-state index in [0.717, 1.165) is 16.7 Å². The number of amides is 2. The van der Waals surface area contributed by atoms with Crippen LogP contribution in [0.5, 0.6) is 0 Å². The minimum absolute atomic E-state index is 0.128. The van der Waals surface area contributed by atoms with Crippen molar-refractivity contribution in [2.45, 2.75) is 0 Å². The quantitative estimate of drug-likeness (QED) is 0.452. The number of rotatable bonds is 6. The molecule has 140 valence electrons. The Hall–Kier alpha value is -3.48. The lowest BCUT2D eigenvalue weighted by Gasteiger charge is -2.15. The van der Waals surface area contributed by atoms with Gasteiger partial charge in [-0.15, -0.1) is 11.8 Å². The van der Waals surface area contributed by atoms with Crippen LogP contribution in [-0.4, -0.2) is 34.2 Å². The van der Waals surface area contributed by atoms with Gasteiger partial charge in [0.2, 0.25) is 0 Å². The summed E-state index contributed by atoms with van der Waals surface area (Å²) in [4.78, 5) is 37.4. The number of nitro benzene ring substituents is 1. The topological polar surface area (TPSA) is 125 Å². The second kappa shape index (κ2) is 8.04. The monoisotopic (exact) mass is 395 g/mol. The maximum Gasteiger partial charge on any atom is 0.272 e. The predicted molar refractivity (Wildman–Crippen MR) is 103 cm³/mol. The van der Waals surface area contributed by atoms with Crippen molar-refractivity contribution in [3.63, 3.8) is 0 Å². The van der Waals surface area contributed by atoms with Crippen LogP contribution in [0.1, 0.15) is 11.1 Å². The Morgan fingerprint density at radius 1 is 1.07 bits per heavy atom. The van der Waals surface area contributed by atoms with Crippen molar-refractivity contribution in [1.82, 2.24) is 0 Å². The molecule has 0 unspecified atom stereocenters. The lowest BCUT2D eigenvalue weighted by molar-refractivity contribution is -0.384. The molecule has 1 aliphatic rings. The Morgan fingerprint density at radius 3 is 2.25 bits per heavy atom. The first-order valence-corrected chi connectivity index (χ1v) is 9.08. The van der Waals surface area contributed by atoms with Crippen molar-refractivity contribution < 1.29 is 19.6 Å². The van der Waals surface area contributed by atoms with Crippen LogP contribution in [0.3, 0.4) is 0 Å². The first kappa shape index (κ1) is 19.3. The summed E-state index contributed by atoms with van der Waals surface area (Å²) in [5, 5.41) is 28.9. The number of nitriles is 1. The van der Waals surface area contributed by atoms with Crippen LogP contribution in [0.15, 0.2) is 53.4 Å². The molecule has 0 atom stereocenters. The van der Waals surface area contributed by atoms with Crippen LogP contribution in [0, 0.1) is 21.4 Å². The second-order valence-electron chi connectivity index (χ2n) is 5.68. The molecule has 0 fully saturated rings. The van der Waals surface area contributed by atoms with E-state index in [1.54, 1.807) is 0 Å². The Bertz CT molecular complexity index is 1020. The zero-order valence-electron chi connectivity index (χ0n) is 14.4. The fourth-order valence-electron chi connectivity index (χ4n) is 2.72. The molecule has 0 radical (unpaired) electrons. The van der Waals surface area contributed by atoms with E-state index >= 15 is 0 Å². The molecule has 1 heterocycles. The van der Waals surface area contributed by atoms with Gasteiger partial charge in [0.1, 0.15) is 0 Å². The fraction of sp³-hybridized carbons (Fsp3) is 0.105. The van der Waals surface area contributed by atoms with Gasteiger partial charge >= 0.3 is 0 Å². The fourth-order valence-corrected chi connectivity index (χ4v) is 3.57. The van der Waals surface area contributed by atoms with Gasteiger partial charge in [-0.1, -0.05) is 0 Å². The van der Waals surface area contributed by atoms with Gasteiger partial charge in [-0.25, -0.2) is 4.90 Å². The molecule has 2 aromatic rings. The van der Waals surface area contributed by atoms with Gasteiger partial charge in [0.05, 0.1) is 39.3 Å². The van der Waals surface area contributed by atoms with Gasteiger partial charge in [-0.2, -0.15) is 5.26 Å². The van der Waals surface area contributed by atoms with Crippen molar-refractivity contribution in [1.29, 1.82) is 5.26 Å². The summed E-state index contributed by atoms with van der Waals surface area (Å²) in [6, 6.07) is 13.3. The Kier molecular flexibility index (Phi) is 5.54. The van der Waals surface area contributed by atoms with Crippen molar-refractivity contribution in [2.75, 3.05) is 17.3 Å². The number of benzene rings is 2. The molecule has 1 N–H and O–H groups in total. The smallest absolute Gasteiger partial charge is 0.272 e. The minimum Gasteiger partial charge on any atom is -0.396 e. The van der Waals surface area contributed by atoms with Gasteiger partial charge in [0.25, 0.3) is 17.5 Å². The van der Waals surface area contributed by atoms with Gasteiger partial charge in [-0.05, 0) is 42.0 Å². The second-order valence-corrected chi connectivity index (χ2v) is 6.79. The molecule has 3 rings (SSSR count). The Morgan fingerprint density at radius 2 is 1.71 bits per heavy atom. The first-order valence-electron chi connectivity index (χ1n) is 8.09. The molecule has 0 aliphatic carbocycles. The van der Waals surface area contributed by atoms with Gasteiger partial charge in [-0.3, -0.25) is 19.7 Å². The zero-order valence-corrected chi connectivity index (χ0v) is 15.2. The van der Waals surface area contributed by atoms with E-state index in [-0.39, 0.29) is 28.5 Å². The van der Waals surface area contributed by atoms with E-state index in [1.807, 2.05) is 6.07 Å². The summed E-state index contributed by atoms with van der Waals surface area (Å²) in [7, 11) is 0. The number of hydrogen-bond donors (Lipinski definition) is 1. The highest BCUT2D eigenvalue weighted by Crippen LogP contribution is 2.38. The van der Waals surface area contributed by atoms with Crippen LogP contribution < -0.4 is 4.90 Å². The molecular weight excluding hydrogens is 382 g/mol. The summed E-state index contributed by atoms with van der Waals surface area (Å²) in [6.45, 7) is -0.181. The molecule has 2 aromatic carbocycles. The summed E-state index contributed by atoms with van der Waals surface area (Å²) in [6.07, 6.45) is 0. The number of carbonyl (C=O) groups is 2. The number of non-ortho nitro benzene ring substituents is 1. The summed E-state index contributed by atoms with van der Waals surface area (Å²) in [5.41, 5.74) is 1.08. The molecule has 9 heteroatoms. The highest BCUT2D eigenvalue weighted by atomic mass is 32.2. The van der Waals surface area contributed by atoms with E-state index in [1.165, 1.54) is 48.5 Å². The molecule has 0 spiro atoms. The van der Waals surface area contributed by atoms with E-state index in [9.17, 15) is 19.7 Å². The van der Waals surface area contributed by atoms with Crippen LogP contribution in [0.2, 0.25) is 0 Å². The van der Waals surface area contributed by atoms with Crippen molar-refractivity contribution in [3.05, 3.63) is 74.7 Å². The van der Waals surface area contributed by atoms with Crippen LogP contribution >= 0.6 is 11.8 Å². The third-order valence-electron chi connectivity index (χ3n) is 4.00. The summed E-state index contributed by atoms with van der Waals surface area (Å²) >= 11 is 1.05. The summed E-state index contributed by atoms with van der Waals surface area (Å²) in [5.74, 6) is -0.892. The number of aliphatic hydroxyl groups excluding tert-OH is 1. The van der Waals surface area contributed by atoms with E-state index in [4.69, 9.17) is 10.4 Å². The maximum atomic E-state index is 13.0. The number of thioether (sulfide) groups is 1. The molecule has 0 saturated heterocycles. The highest BCUT2D eigenvalue weighted by Gasteiger charge is 2.40. The number of nitrogens with zero attached hydrogens (tertiary/aromatic N) is 3. The lowest BCUT2D eigenvalue weighted by atomic mass is 10.1. The van der Waals surface area contributed by atoms with E-state index < -0.39 is 16.7 Å². The van der Waals surface area contributed by atoms with Gasteiger partial charge in [0, 0.05) is 17.9 Å². The molecule has 2 amide bonds. The zero-order chi connectivity index (χ0) is 20.3. The SMILES string of the molecule is N#Cc1ccc(N2C(=O)C(SCCO)=C(c3ccc([N+](=O)[O-])cc3)C2=O)cc1. The number of hydrogen-bond acceptors (Lipinski definition) is 7. The molecule has 0 saturated carbocycles. The number of aliphatic hydroxyl groups is 1. The third kappa shape index (κ3) is 3.51. The highest BCUT2D eigenvalue weighted by molar-refractivity contribution is 8.04. The normalized spacial score (nSPS) is 13.8. The predicted octanol–water partition coefficient (Wildman–Crippen LogP) is 2.48. The van der Waals surface area contributed by atoms with Crippen LogP contribution in [0.4, 0.5) is 11.4 Å². The van der Waals surface area contributed by atoms with E-state index in [0.29, 0.717) is 16.8 Å². The van der Waals surface area contributed by atoms with Crippen molar-refractivity contribution >= 4 is 40.5 Å². The minimum atomic E-state index is -0.566. The number of nitro groups is 1. The van der Waals surface area contributed by atoms with Crippen LogP contribution in [0.25, 0.3) is 5.57 Å². The van der Waals surface area contributed by atoms with Crippen molar-refractivity contribution in [3.8, 4) is 6.07 Å². The van der Waals surface area contributed by atoms with Crippen LogP contribution in [-0.2, 0) is 9.59 Å². The average molecular weight is 395 g/mol. The Labute approximate surface area is 163 Å². The van der Waals surface area contributed by atoms with Crippen molar-refractivity contribution in [2.24, 2.45) is 0 Å². The Balaban J connectivity index is 2.04. The first-order chi connectivity index (χ1) is 13.5. The number of anilines is 1. The number of imide groups is 1. The molecule has 8 nitrogen and oxygen atoms in total. The maximum absolute atomic E-state index is 13.0. The average Bonchev–Trinajstić information content (AvgIpc) is 2.96. The lowest BCUT2D eigenvalue weighted by Crippen LogP contribution is -2.31. The van der Waals surface area contributed by atoms with Gasteiger partial charge < -0.3 is 5.11 Å². The molecular formula is C19H13N3O5S.